The zero-order valence-electron chi connectivity index (χ0n) is 13.1. The van der Waals surface area contributed by atoms with Gasteiger partial charge in [-0.25, -0.2) is 0 Å². The van der Waals surface area contributed by atoms with E-state index in [-0.39, 0.29) is 17.4 Å². The number of nitrogens with two attached hydrogens (primary N) is 1. The van der Waals surface area contributed by atoms with Gasteiger partial charge in [-0.1, -0.05) is 51.9 Å². The van der Waals surface area contributed by atoms with Crippen LogP contribution in [0, 0.1) is 11.8 Å². The van der Waals surface area contributed by atoms with Crippen LogP contribution in [0.4, 0.5) is 0 Å². The maximum absolute atomic E-state index is 12.7. The third-order valence-corrected chi connectivity index (χ3v) is 5.67. The minimum absolute atomic E-state index is 0.127. The van der Waals surface area contributed by atoms with Gasteiger partial charge < -0.3 is 11.1 Å². The Balaban J connectivity index is 1.96. The van der Waals surface area contributed by atoms with Crippen molar-refractivity contribution in [1.82, 2.24) is 5.32 Å². The normalized spacial score (nSPS) is 33.2. The molecule has 0 radical (unpaired) electrons. The molecule has 116 valence electrons. The molecule has 20 heavy (non-hydrogen) atoms. The number of amides is 1. The van der Waals surface area contributed by atoms with Gasteiger partial charge in [-0.2, -0.15) is 0 Å². The Hall–Kier alpha value is -0.570. The Bertz CT molecular complexity index is 310. The van der Waals surface area contributed by atoms with Crippen LogP contribution in [0.25, 0.3) is 0 Å². The van der Waals surface area contributed by atoms with Crippen molar-refractivity contribution in [3.63, 3.8) is 0 Å². The second-order valence-electron chi connectivity index (χ2n) is 7.04. The second-order valence-corrected chi connectivity index (χ2v) is 7.04. The van der Waals surface area contributed by atoms with Crippen LogP contribution < -0.4 is 11.1 Å². The molecular weight excluding hydrogens is 248 g/mol. The molecule has 0 aromatic rings. The number of carbonyl (C=O) groups is 1. The van der Waals surface area contributed by atoms with Gasteiger partial charge in [0.05, 0.1) is 5.54 Å². The molecule has 2 rings (SSSR count). The molecule has 1 amide bonds. The predicted octanol–water partition coefficient (Wildman–Crippen LogP) is 3.37. The third kappa shape index (κ3) is 3.75. The molecule has 0 aliphatic heterocycles. The lowest BCUT2D eigenvalue weighted by Gasteiger charge is -2.43. The van der Waals surface area contributed by atoms with E-state index in [4.69, 9.17) is 5.73 Å². The molecule has 3 nitrogen and oxygen atoms in total. The van der Waals surface area contributed by atoms with Gasteiger partial charge in [-0.3, -0.25) is 4.79 Å². The van der Waals surface area contributed by atoms with Crippen LogP contribution in [0.2, 0.25) is 0 Å². The summed E-state index contributed by atoms with van der Waals surface area (Å²) in [7, 11) is 0. The van der Waals surface area contributed by atoms with Crippen molar-refractivity contribution in [3.8, 4) is 0 Å². The number of carbonyl (C=O) groups excluding carboxylic acids is 1. The van der Waals surface area contributed by atoms with E-state index in [1.807, 2.05) is 0 Å². The largest absolute Gasteiger partial charge is 0.349 e. The van der Waals surface area contributed by atoms with Gasteiger partial charge in [0.25, 0.3) is 0 Å². The average molecular weight is 280 g/mol. The number of hydrogen-bond donors (Lipinski definition) is 2. The summed E-state index contributed by atoms with van der Waals surface area (Å²) in [5, 5.41) is 3.39. The third-order valence-electron chi connectivity index (χ3n) is 5.67. The Morgan fingerprint density at radius 1 is 1.05 bits per heavy atom. The summed E-state index contributed by atoms with van der Waals surface area (Å²) in [6, 6.07) is 0. The first-order valence-electron chi connectivity index (χ1n) is 8.70. The van der Waals surface area contributed by atoms with Crippen LogP contribution in [-0.2, 0) is 4.79 Å². The second kappa shape index (κ2) is 7.44. The lowest BCUT2D eigenvalue weighted by molar-refractivity contribution is -0.128. The molecule has 2 aliphatic rings. The molecule has 2 atom stereocenters. The summed E-state index contributed by atoms with van der Waals surface area (Å²) in [5.41, 5.74) is 5.92. The molecule has 0 aromatic heterocycles. The summed E-state index contributed by atoms with van der Waals surface area (Å²) < 4.78 is 0. The summed E-state index contributed by atoms with van der Waals surface area (Å²) in [6.45, 7) is 2.84. The van der Waals surface area contributed by atoms with Gasteiger partial charge in [-0.15, -0.1) is 0 Å². The van der Waals surface area contributed by atoms with Gasteiger partial charge in [-0.05, 0) is 31.6 Å². The molecule has 0 saturated heterocycles. The molecule has 3 N–H and O–H groups in total. The van der Waals surface area contributed by atoms with Gasteiger partial charge in [0, 0.05) is 12.5 Å². The molecule has 0 aromatic carbocycles. The fourth-order valence-electron chi connectivity index (χ4n) is 4.02. The SMILES string of the molecule is CC1CCCCC1(CN)NC(=O)C1CCCCCCC1. The topological polar surface area (TPSA) is 55.1 Å². The lowest BCUT2D eigenvalue weighted by Crippen LogP contribution is -2.60. The van der Waals surface area contributed by atoms with Gasteiger partial charge in [0.15, 0.2) is 0 Å². The van der Waals surface area contributed by atoms with Crippen LogP contribution in [0.5, 0.6) is 0 Å². The van der Waals surface area contributed by atoms with Crippen molar-refractivity contribution in [2.24, 2.45) is 17.6 Å². The number of rotatable bonds is 3. The smallest absolute Gasteiger partial charge is 0.223 e. The van der Waals surface area contributed by atoms with Crippen LogP contribution >= 0.6 is 0 Å². The molecule has 2 saturated carbocycles. The van der Waals surface area contributed by atoms with Crippen molar-refractivity contribution in [2.45, 2.75) is 83.1 Å². The summed E-state index contributed by atoms with van der Waals surface area (Å²) in [5.74, 6) is 1.03. The van der Waals surface area contributed by atoms with E-state index in [2.05, 4.69) is 12.2 Å². The predicted molar refractivity (Wildman–Crippen MR) is 83.4 cm³/mol. The van der Waals surface area contributed by atoms with Crippen LogP contribution in [0.15, 0.2) is 0 Å². The quantitative estimate of drug-likeness (QED) is 0.832. The highest BCUT2D eigenvalue weighted by Crippen LogP contribution is 2.34. The fraction of sp³-hybridized carbons (Fsp3) is 0.941. The van der Waals surface area contributed by atoms with Crippen molar-refractivity contribution in [2.75, 3.05) is 6.54 Å². The summed E-state index contributed by atoms with van der Waals surface area (Å²) in [6.07, 6.45) is 13.2. The Kier molecular flexibility index (Phi) is 5.88. The molecule has 3 heteroatoms. The van der Waals surface area contributed by atoms with E-state index in [0.29, 0.717) is 12.5 Å². The highest BCUT2D eigenvalue weighted by atomic mass is 16.2. The highest BCUT2D eigenvalue weighted by Gasteiger charge is 2.39. The van der Waals surface area contributed by atoms with E-state index >= 15 is 0 Å². The number of nitrogens with one attached hydrogen (secondary N) is 1. The van der Waals surface area contributed by atoms with E-state index < -0.39 is 0 Å². The molecule has 2 unspecified atom stereocenters. The first-order valence-corrected chi connectivity index (χ1v) is 8.70. The van der Waals surface area contributed by atoms with E-state index in [9.17, 15) is 4.79 Å². The van der Waals surface area contributed by atoms with E-state index in [1.165, 1.54) is 51.4 Å². The molecule has 0 heterocycles. The van der Waals surface area contributed by atoms with Crippen molar-refractivity contribution >= 4 is 5.91 Å². The number of hydrogen-bond acceptors (Lipinski definition) is 2. The molecule has 0 bridgehead atoms. The lowest BCUT2D eigenvalue weighted by atomic mass is 9.73. The van der Waals surface area contributed by atoms with E-state index in [0.717, 1.165) is 19.3 Å². The molecular formula is C17H32N2O. The monoisotopic (exact) mass is 280 g/mol. The first-order chi connectivity index (χ1) is 9.68. The fourth-order valence-corrected chi connectivity index (χ4v) is 4.02. The Morgan fingerprint density at radius 2 is 1.65 bits per heavy atom. The minimum atomic E-state index is -0.127. The summed E-state index contributed by atoms with van der Waals surface area (Å²) >= 11 is 0. The van der Waals surface area contributed by atoms with Crippen molar-refractivity contribution < 1.29 is 4.79 Å². The minimum Gasteiger partial charge on any atom is -0.349 e. The molecule has 2 aliphatic carbocycles. The van der Waals surface area contributed by atoms with Gasteiger partial charge in [0.1, 0.15) is 0 Å². The maximum atomic E-state index is 12.7. The van der Waals surface area contributed by atoms with Gasteiger partial charge >= 0.3 is 0 Å². The van der Waals surface area contributed by atoms with Crippen molar-refractivity contribution in [1.29, 1.82) is 0 Å². The average Bonchev–Trinajstić information content (AvgIpc) is 2.41. The van der Waals surface area contributed by atoms with Crippen molar-refractivity contribution in [3.05, 3.63) is 0 Å². The van der Waals surface area contributed by atoms with Crippen LogP contribution in [0.3, 0.4) is 0 Å². The zero-order valence-corrected chi connectivity index (χ0v) is 13.1. The van der Waals surface area contributed by atoms with Crippen LogP contribution in [-0.4, -0.2) is 18.0 Å². The molecule has 2 fully saturated rings. The van der Waals surface area contributed by atoms with Gasteiger partial charge in [0.2, 0.25) is 5.91 Å². The summed E-state index contributed by atoms with van der Waals surface area (Å²) in [4.78, 5) is 12.7. The van der Waals surface area contributed by atoms with Crippen LogP contribution in [0.1, 0.15) is 77.6 Å². The van der Waals surface area contributed by atoms with E-state index in [1.54, 1.807) is 0 Å². The Labute approximate surface area is 124 Å². The Morgan fingerprint density at radius 3 is 2.25 bits per heavy atom. The molecule has 0 spiro atoms. The zero-order chi connectivity index (χ0) is 14.4. The highest BCUT2D eigenvalue weighted by molar-refractivity contribution is 5.79. The standard InChI is InChI=1S/C17H32N2O/c1-14-9-7-8-12-17(14,13-18)19-16(20)15-10-5-3-2-4-6-11-15/h14-15H,2-13,18H2,1H3,(H,19,20). The first kappa shape index (κ1) is 15.8. The maximum Gasteiger partial charge on any atom is 0.223 e.